The van der Waals surface area contributed by atoms with Crippen molar-refractivity contribution in [3.8, 4) is 33.9 Å². The molecule has 0 bridgehead atoms. The van der Waals surface area contributed by atoms with Crippen molar-refractivity contribution in [2.75, 3.05) is 6.54 Å². The highest BCUT2D eigenvalue weighted by Crippen LogP contribution is 2.33. The van der Waals surface area contributed by atoms with Crippen molar-refractivity contribution in [3.05, 3.63) is 84.4 Å². The van der Waals surface area contributed by atoms with Crippen LogP contribution in [-0.2, 0) is 6.54 Å². The standard InChI is InChI=1S/C31H28FN7/c32-24-10-4-3-8-22(24)23-9-5-11-26-28(23)37-31(36-26)30-29-27(38-39-30)13-12-25(35-29)21-14-20(17-34-18-21)16-33-15-19-6-1-2-7-19/h3-5,8-14,17-19,33H,1-2,6-7,15-16H2,(H,36,37)(H,38,39). The maximum Gasteiger partial charge on any atom is 0.161 e. The van der Waals surface area contributed by atoms with E-state index in [2.05, 4.69) is 31.5 Å². The van der Waals surface area contributed by atoms with Crippen molar-refractivity contribution in [1.29, 1.82) is 0 Å². The molecule has 6 aromatic rings. The van der Waals surface area contributed by atoms with E-state index in [1.165, 1.54) is 31.7 Å². The van der Waals surface area contributed by atoms with Gasteiger partial charge in [0.1, 0.15) is 11.3 Å². The molecule has 1 aliphatic carbocycles. The first-order chi connectivity index (χ1) is 19.2. The molecule has 194 valence electrons. The Labute approximate surface area is 224 Å². The SMILES string of the molecule is Fc1ccccc1-c1cccc2[nH]c(-c3n[nH]c4ccc(-c5cncc(CNCC6CCCC6)c5)nc34)nc12. The fraction of sp³-hybridized carbons (Fsp3) is 0.226. The predicted octanol–water partition coefficient (Wildman–Crippen LogP) is 6.65. The summed E-state index contributed by atoms with van der Waals surface area (Å²) in [5, 5.41) is 11.2. The molecule has 0 saturated heterocycles. The van der Waals surface area contributed by atoms with Gasteiger partial charge >= 0.3 is 0 Å². The summed E-state index contributed by atoms with van der Waals surface area (Å²) < 4.78 is 14.6. The van der Waals surface area contributed by atoms with Crippen LogP contribution < -0.4 is 5.32 Å². The number of benzene rings is 2. The van der Waals surface area contributed by atoms with Crippen LogP contribution in [0.25, 0.3) is 56.0 Å². The third-order valence-electron chi connectivity index (χ3n) is 7.64. The number of hydrogen-bond donors (Lipinski definition) is 3. The highest BCUT2D eigenvalue weighted by atomic mass is 19.1. The van der Waals surface area contributed by atoms with Crippen LogP contribution in [0.5, 0.6) is 0 Å². The second-order valence-electron chi connectivity index (χ2n) is 10.3. The number of halogens is 1. The Balaban J connectivity index is 1.21. The van der Waals surface area contributed by atoms with Crippen LogP contribution in [0.15, 0.2) is 73.1 Å². The second-order valence-corrected chi connectivity index (χ2v) is 10.3. The number of rotatable bonds is 7. The molecule has 2 aromatic carbocycles. The van der Waals surface area contributed by atoms with Gasteiger partial charge in [-0.05, 0) is 61.2 Å². The van der Waals surface area contributed by atoms with Crippen molar-refractivity contribution in [2.45, 2.75) is 32.2 Å². The van der Waals surface area contributed by atoms with Crippen molar-refractivity contribution in [3.63, 3.8) is 0 Å². The molecular weight excluding hydrogens is 489 g/mol. The molecule has 0 atom stereocenters. The number of pyridine rings is 2. The Morgan fingerprint density at radius 1 is 0.872 bits per heavy atom. The first-order valence-corrected chi connectivity index (χ1v) is 13.5. The summed E-state index contributed by atoms with van der Waals surface area (Å²) in [4.78, 5) is 17.6. The number of nitrogens with zero attached hydrogens (tertiary/aromatic N) is 4. The molecule has 0 radical (unpaired) electrons. The molecule has 3 N–H and O–H groups in total. The number of aromatic amines is 2. The third kappa shape index (κ3) is 4.57. The van der Waals surface area contributed by atoms with E-state index in [1.54, 1.807) is 12.1 Å². The molecule has 8 heteroatoms. The molecule has 1 aliphatic rings. The predicted molar refractivity (Wildman–Crippen MR) is 151 cm³/mol. The van der Waals surface area contributed by atoms with Gasteiger partial charge in [0.05, 0.1) is 22.2 Å². The molecule has 7 rings (SSSR count). The molecule has 4 heterocycles. The summed E-state index contributed by atoms with van der Waals surface area (Å²) in [5.41, 5.74) is 7.78. The number of fused-ring (bicyclic) bond motifs is 2. The first kappa shape index (κ1) is 23.7. The smallest absolute Gasteiger partial charge is 0.161 e. The number of aromatic nitrogens is 6. The minimum absolute atomic E-state index is 0.282. The van der Waals surface area contributed by atoms with Crippen molar-refractivity contribution in [2.24, 2.45) is 5.92 Å². The molecule has 0 amide bonds. The van der Waals surface area contributed by atoms with Crippen LogP contribution in [-0.4, -0.2) is 36.7 Å². The fourth-order valence-electron chi connectivity index (χ4n) is 5.63. The van der Waals surface area contributed by atoms with Gasteiger partial charge in [-0.25, -0.2) is 14.4 Å². The zero-order valence-electron chi connectivity index (χ0n) is 21.4. The molecule has 1 fully saturated rings. The second kappa shape index (κ2) is 10.0. The summed E-state index contributed by atoms with van der Waals surface area (Å²) in [5.74, 6) is 1.09. The van der Waals surface area contributed by atoms with Gasteiger partial charge in [0.25, 0.3) is 0 Å². The average Bonchev–Trinajstić information content (AvgIpc) is 3.73. The van der Waals surface area contributed by atoms with Crippen molar-refractivity contribution < 1.29 is 4.39 Å². The molecule has 1 saturated carbocycles. The number of para-hydroxylation sites is 1. The topological polar surface area (TPSA) is 95.2 Å². The normalized spacial score (nSPS) is 14.1. The molecule has 7 nitrogen and oxygen atoms in total. The Morgan fingerprint density at radius 3 is 2.64 bits per heavy atom. The van der Waals surface area contributed by atoms with E-state index in [-0.39, 0.29) is 5.82 Å². The van der Waals surface area contributed by atoms with E-state index in [4.69, 9.17) is 9.97 Å². The van der Waals surface area contributed by atoms with E-state index in [0.29, 0.717) is 28.1 Å². The summed E-state index contributed by atoms with van der Waals surface area (Å²) in [6, 6.07) is 18.6. The van der Waals surface area contributed by atoms with Gasteiger partial charge in [-0.3, -0.25) is 10.1 Å². The van der Waals surface area contributed by atoms with Gasteiger partial charge in [0.2, 0.25) is 0 Å². The minimum Gasteiger partial charge on any atom is -0.336 e. The van der Waals surface area contributed by atoms with Gasteiger partial charge < -0.3 is 10.3 Å². The maximum absolute atomic E-state index is 14.6. The molecular formula is C31H28FN7. The maximum atomic E-state index is 14.6. The summed E-state index contributed by atoms with van der Waals surface area (Å²) in [7, 11) is 0. The molecule has 0 spiro atoms. The molecule has 4 aromatic heterocycles. The monoisotopic (exact) mass is 517 g/mol. The highest BCUT2D eigenvalue weighted by molar-refractivity contribution is 5.96. The zero-order valence-corrected chi connectivity index (χ0v) is 21.4. The largest absolute Gasteiger partial charge is 0.336 e. The molecule has 39 heavy (non-hydrogen) atoms. The van der Waals surface area contributed by atoms with Gasteiger partial charge in [-0.1, -0.05) is 43.2 Å². The van der Waals surface area contributed by atoms with Crippen LogP contribution in [0, 0.1) is 11.7 Å². The van der Waals surface area contributed by atoms with E-state index in [1.807, 2.05) is 48.8 Å². The van der Waals surface area contributed by atoms with Crippen molar-refractivity contribution >= 4 is 22.1 Å². The fourth-order valence-corrected chi connectivity index (χ4v) is 5.63. The van der Waals surface area contributed by atoms with Crippen LogP contribution in [0.2, 0.25) is 0 Å². The van der Waals surface area contributed by atoms with E-state index in [9.17, 15) is 4.39 Å². The first-order valence-electron chi connectivity index (χ1n) is 13.5. The lowest BCUT2D eigenvalue weighted by molar-refractivity contribution is 0.489. The van der Waals surface area contributed by atoms with E-state index in [0.717, 1.165) is 52.4 Å². The summed E-state index contributed by atoms with van der Waals surface area (Å²) in [6.45, 7) is 1.85. The number of hydrogen-bond acceptors (Lipinski definition) is 5. The average molecular weight is 518 g/mol. The van der Waals surface area contributed by atoms with Crippen LogP contribution >= 0.6 is 0 Å². The van der Waals surface area contributed by atoms with Gasteiger partial charge in [-0.2, -0.15) is 5.10 Å². The Hall–Kier alpha value is -4.43. The number of nitrogens with one attached hydrogen (secondary N) is 3. The van der Waals surface area contributed by atoms with Crippen LogP contribution in [0.1, 0.15) is 31.2 Å². The molecule has 0 unspecified atom stereocenters. The zero-order chi connectivity index (χ0) is 26.2. The lowest BCUT2D eigenvalue weighted by Crippen LogP contribution is -2.20. The Kier molecular flexibility index (Phi) is 6.09. The van der Waals surface area contributed by atoms with Crippen LogP contribution in [0.3, 0.4) is 0 Å². The number of imidazole rings is 1. The lowest BCUT2D eigenvalue weighted by Gasteiger charge is -2.11. The summed E-state index contributed by atoms with van der Waals surface area (Å²) >= 11 is 0. The van der Waals surface area contributed by atoms with E-state index >= 15 is 0 Å². The quantitative estimate of drug-likeness (QED) is 0.220. The minimum atomic E-state index is -0.282. The third-order valence-corrected chi connectivity index (χ3v) is 7.64. The highest BCUT2D eigenvalue weighted by Gasteiger charge is 2.18. The van der Waals surface area contributed by atoms with Gasteiger partial charge in [-0.15, -0.1) is 0 Å². The molecule has 0 aliphatic heterocycles. The van der Waals surface area contributed by atoms with Gasteiger partial charge in [0, 0.05) is 35.6 Å². The van der Waals surface area contributed by atoms with Crippen LogP contribution in [0.4, 0.5) is 4.39 Å². The lowest BCUT2D eigenvalue weighted by atomic mass is 10.0. The summed E-state index contributed by atoms with van der Waals surface area (Å²) in [6.07, 6.45) is 9.13. The van der Waals surface area contributed by atoms with Crippen molar-refractivity contribution in [1.82, 2.24) is 35.5 Å². The Morgan fingerprint density at radius 2 is 1.74 bits per heavy atom. The van der Waals surface area contributed by atoms with E-state index < -0.39 is 0 Å². The van der Waals surface area contributed by atoms with Gasteiger partial charge in [0.15, 0.2) is 11.5 Å². The number of H-pyrrole nitrogens is 2. The Bertz CT molecular complexity index is 1780.